The molecule has 0 unspecified atom stereocenters. The number of nitro groups is 1. The zero-order valence-electron chi connectivity index (χ0n) is 16.5. The molecule has 3 aromatic rings. The molecular weight excluding hydrogens is 366 g/mol. The zero-order valence-corrected chi connectivity index (χ0v) is 16.5. The summed E-state index contributed by atoms with van der Waals surface area (Å²) in [5.74, 6) is -0.110. The Morgan fingerprint density at radius 2 is 1.76 bits per heavy atom. The highest BCUT2D eigenvalue weighted by atomic mass is 16.6. The van der Waals surface area contributed by atoms with Crippen molar-refractivity contribution in [3.05, 3.63) is 99.9 Å². The molecule has 0 saturated carbocycles. The van der Waals surface area contributed by atoms with Gasteiger partial charge in [-0.3, -0.25) is 14.9 Å². The van der Waals surface area contributed by atoms with E-state index in [2.05, 4.69) is 23.6 Å². The Bertz CT molecular complexity index is 949. The first-order valence-electron chi connectivity index (χ1n) is 9.80. The van der Waals surface area contributed by atoms with Gasteiger partial charge in [-0.25, -0.2) is 0 Å². The maximum atomic E-state index is 13.1. The second-order valence-corrected chi connectivity index (χ2v) is 7.00. The van der Waals surface area contributed by atoms with E-state index in [1.807, 2.05) is 41.4 Å². The lowest BCUT2D eigenvalue weighted by Crippen LogP contribution is -2.32. The van der Waals surface area contributed by atoms with Gasteiger partial charge in [0.2, 0.25) is 0 Å². The predicted octanol–water partition coefficient (Wildman–Crippen LogP) is 4.89. The number of unbranched alkanes of at least 4 members (excludes halogenated alkanes) is 1. The van der Waals surface area contributed by atoms with Gasteiger partial charge in [-0.2, -0.15) is 0 Å². The first kappa shape index (κ1) is 20.3. The Morgan fingerprint density at radius 3 is 2.41 bits per heavy atom. The second kappa shape index (κ2) is 9.68. The highest BCUT2D eigenvalue weighted by Gasteiger charge is 2.18. The number of carbonyl (C=O) groups is 1. The summed E-state index contributed by atoms with van der Waals surface area (Å²) in [4.78, 5) is 25.3. The van der Waals surface area contributed by atoms with E-state index >= 15 is 0 Å². The number of amides is 1. The van der Waals surface area contributed by atoms with Gasteiger partial charge in [0, 0.05) is 42.7 Å². The van der Waals surface area contributed by atoms with Crippen LogP contribution in [0.1, 0.15) is 41.4 Å². The van der Waals surface area contributed by atoms with E-state index in [-0.39, 0.29) is 11.6 Å². The summed E-state index contributed by atoms with van der Waals surface area (Å²) in [6, 6.07) is 20.0. The van der Waals surface area contributed by atoms with Crippen LogP contribution in [0.25, 0.3) is 0 Å². The molecule has 0 aliphatic heterocycles. The maximum Gasteiger partial charge on any atom is 0.269 e. The van der Waals surface area contributed by atoms with E-state index in [1.54, 1.807) is 0 Å². The fourth-order valence-corrected chi connectivity index (χ4v) is 3.23. The van der Waals surface area contributed by atoms with Crippen LogP contribution in [0.3, 0.4) is 0 Å². The van der Waals surface area contributed by atoms with E-state index in [4.69, 9.17) is 0 Å². The minimum Gasteiger partial charge on any atom is -0.345 e. The van der Waals surface area contributed by atoms with Crippen LogP contribution < -0.4 is 0 Å². The van der Waals surface area contributed by atoms with Crippen molar-refractivity contribution < 1.29 is 9.72 Å². The van der Waals surface area contributed by atoms with Crippen LogP contribution in [0.4, 0.5) is 5.69 Å². The smallest absolute Gasteiger partial charge is 0.269 e. The molecule has 0 fully saturated rings. The van der Waals surface area contributed by atoms with Crippen LogP contribution in [0.5, 0.6) is 0 Å². The summed E-state index contributed by atoms with van der Waals surface area (Å²) in [6.45, 7) is 3.97. The van der Waals surface area contributed by atoms with Gasteiger partial charge in [0.05, 0.1) is 11.5 Å². The van der Waals surface area contributed by atoms with Crippen molar-refractivity contribution in [2.45, 2.75) is 32.9 Å². The summed E-state index contributed by atoms with van der Waals surface area (Å²) >= 11 is 0. The molecule has 1 amide bonds. The van der Waals surface area contributed by atoms with Gasteiger partial charge in [0.25, 0.3) is 11.6 Å². The van der Waals surface area contributed by atoms with Crippen LogP contribution in [-0.4, -0.2) is 26.8 Å². The van der Waals surface area contributed by atoms with Gasteiger partial charge in [-0.1, -0.05) is 43.7 Å². The largest absolute Gasteiger partial charge is 0.345 e. The molecule has 2 aromatic carbocycles. The first-order chi connectivity index (χ1) is 14.1. The minimum atomic E-state index is -0.459. The maximum absolute atomic E-state index is 13.1. The van der Waals surface area contributed by atoms with E-state index < -0.39 is 4.92 Å². The summed E-state index contributed by atoms with van der Waals surface area (Å²) in [5, 5.41) is 10.9. The number of carbonyl (C=O) groups excluding carboxylic acids is 1. The number of non-ortho nitro benzene ring substituents is 1. The van der Waals surface area contributed by atoms with Crippen LogP contribution in [-0.2, 0) is 13.1 Å². The molecule has 0 bridgehead atoms. The molecule has 0 radical (unpaired) electrons. The van der Waals surface area contributed by atoms with Crippen molar-refractivity contribution in [3.63, 3.8) is 0 Å². The first-order valence-corrected chi connectivity index (χ1v) is 9.80. The monoisotopic (exact) mass is 391 g/mol. The molecule has 1 aromatic heterocycles. The molecule has 6 nitrogen and oxygen atoms in total. The van der Waals surface area contributed by atoms with Gasteiger partial charge in [-0.15, -0.1) is 0 Å². The second-order valence-electron chi connectivity index (χ2n) is 7.00. The van der Waals surface area contributed by atoms with Gasteiger partial charge >= 0.3 is 0 Å². The van der Waals surface area contributed by atoms with Crippen molar-refractivity contribution in [2.75, 3.05) is 6.54 Å². The number of hydrogen-bond acceptors (Lipinski definition) is 3. The number of nitrogens with zero attached hydrogens (tertiary/aromatic N) is 3. The molecule has 1 heterocycles. The summed E-state index contributed by atoms with van der Waals surface area (Å²) in [6.07, 6.45) is 3.91. The fourth-order valence-electron chi connectivity index (χ4n) is 3.23. The quantitative estimate of drug-likeness (QED) is 0.385. The Kier molecular flexibility index (Phi) is 6.79. The number of aromatic nitrogens is 1. The van der Waals surface area contributed by atoms with Crippen molar-refractivity contribution in [2.24, 2.45) is 0 Å². The Morgan fingerprint density at radius 1 is 1.03 bits per heavy atom. The average molecular weight is 391 g/mol. The molecule has 0 atom stereocenters. The molecule has 0 aliphatic carbocycles. The molecule has 6 heteroatoms. The summed E-state index contributed by atoms with van der Waals surface area (Å²) < 4.78 is 2.15. The molecule has 0 N–H and O–H groups in total. The lowest BCUT2D eigenvalue weighted by molar-refractivity contribution is -0.384. The third kappa shape index (κ3) is 5.31. The molecule has 29 heavy (non-hydrogen) atoms. The number of nitro benzene ring substituents is 1. The third-order valence-electron chi connectivity index (χ3n) is 4.87. The van der Waals surface area contributed by atoms with Crippen LogP contribution >= 0.6 is 0 Å². The molecular formula is C23H25N3O3. The van der Waals surface area contributed by atoms with Crippen molar-refractivity contribution in [1.29, 1.82) is 0 Å². The Balaban J connectivity index is 1.78. The van der Waals surface area contributed by atoms with Crippen molar-refractivity contribution in [1.82, 2.24) is 9.47 Å². The highest BCUT2D eigenvalue weighted by molar-refractivity contribution is 5.94. The number of rotatable bonds is 9. The third-order valence-corrected chi connectivity index (χ3v) is 4.87. The van der Waals surface area contributed by atoms with Gasteiger partial charge in [0.15, 0.2) is 0 Å². The zero-order chi connectivity index (χ0) is 20.6. The number of benzene rings is 2. The fraction of sp³-hybridized carbons (Fsp3) is 0.261. The van der Waals surface area contributed by atoms with E-state index in [0.717, 1.165) is 25.1 Å². The molecule has 150 valence electrons. The normalized spacial score (nSPS) is 10.7. The molecule has 0 spiro atoms. The van der Waals surface area contributed by atoms with E-state index in [1.165, 1.54) is 29.8 Å². The van der Waals surface area contributed by atoms with Crippen molar-refractivity contribution >= 4 is 11.6 Å². The van der Waals surface area contributed by atoms with E-state index in [0.29, 0.717) is 18.7 Å². The number of hydrogen-bond donors (Lipinski definition) is 0. The summed E-state index contributed by atoms with van der Waals surface area (Å²) in [5.41, 5.74) is 2.71. The SMILES string of the molecule is CCCCN(Cc1cccn1Cc1ccccc1)C(=O)c1ccc([N+](=O)[O-])cc1. The van der Waals surface area contributed by atoms with Gasteiger partial charge in [0.1, 0.15) is 0 Å². The Labute approximate surface area is 170 Å². The van der Waals surface area contributed by atoms with Crippen LogP contribution in [0, 0.1) is 10.1 Å². The lowest BCUT2D eigenvalue weighted by atomic mass is 10.1. The Hall–Kier alpha value is -3.41. The van der Waals surface area contributed by atoms with Crippen LogP contribution in [0.2, 0.25) is 0 Å². The van der Waals surface area contributed by atoms with Crippen LogP contribution in [0.15, 0.2) is 72.9 Å². The average Bonchev–Trinajstić information content (AvgIpc) is 3.18. The van der Waals surface area contributed by atoms with Gasteiger partial charge in [-0.05, 0) is 36.2 Å². The standard InChI is InChI=1S/C23H25N3O3/c1-2-3-15-25(23(27)20-11-13-21(14-12-20)26(28)29)18-22-10-7-16-24(22)17-19-8-5-4-6-9-19/h4-14,16H,2-3,15,17-18H2,1H3. The lowest BCUT2D eigenvalue weighted by Gasteiger charge is -2.24. The molecule has 0 aliphatic rings. The minimum absolute atomic E-state index is 0.0154. The van der Waals surface area contributed by atoms with Crippen molar-refractivity contribution in [3.8, 4) is 0 Å². The molecule has 3 rings (SSSR count). The van der Waals surface area contributed by atoms with E-state index in [9.17, 15) is 14.9 Å². The topological polar surface area (TPSA) is 68.4 Å². The predicted molar refractivity (Wildman–Crippen MR) is 113 cm³/mol. The van der Waals surface area contributed by atoms with Gasteiger partial charge < -0.3 is 9.47 Å². The molecule has 0 saturated heterocycles. The highest BCUT2D eigenvalue weighted by Crippen LogP contribution is 2.17. The summed E-state index contributed by atoms with van der Waals surface area (Å²) in [7, 11) is 0.